The molecule has 0 aliphatic carbocycles. The fraction of sp³-hybridized carbons (Fsp3) is 0.188. The zero-order valence-corrected chi connectivity index (χ0v) is 12.2. The van der Waals surface area contributed by atoms with Crippen molar-refractivity contribution in [3.05, 3.63) is 60.4 Å². The van der Waals surface area contributed by atoms with Crippen LogP contribution in [0.5, 0.6) is 0 Å². The molecule has 3 heterocycles. The smallest absolute Gasteiger partial charge is 0.224 e. The van der Waals surface area contributed by atoms with E-state index in [2.05, 4.69) is 15.5 Å². The molecular weight excluding hydrogens is 280 g/mol. The SMILES string of the molecule is Cn1ccc(CC(=O)NCc2cc(-c3cccnc3)no2)c1. The van der Waals surface area contributed by atoms with Gasteiger partial charge in [0, 0.05) is 43.5 Å². The number of pyridine rings is 1. The van der Waals surface area contributed by atoms with Crippen molar-refractivity contribution >= 4 is 5.91 Å². The monoisotopic (exact) mass is 296 g/mol. The van der Waals surface area contributed by atoms with E-state index in [0.29, 0.717) is 24.4 Å². The quantitative estimate of drug-likeness (QED) is 0.781. The lowest BCUT2D eigenvalue weighted by Gasteiger charge is -2.01. The minimum Gasteiger partial charge on any atom is -0.359 e. The van der Waals surface area contributed by atoms with Crippen LogP contribution in [0.15, 0.2) is 53.6 Å². The molecule has 1 amide bonds. The van der Waals surface area contributed by atoms with Gasteiger partial charge in [-0.1, -0.05) is 5.16 Å². The zero-order chi connectivity index (χ0) is 15.4. The van der Waals surface area contributed by atoms with Gasteiger partial charge in [0.05, 0.1) is 13.0 Å². The van der Waals surface area contributed by atoms with Gasteiger partial charge in [-0.05, 0) is 23.8 Å². The number of aromatic nitrogens is 3. The fourth-order valence-electron chi connectivity index (χ4n) is 2.15. The normalized spacial score (nSPS) is 10.6. The Morgan fingerprint density at radius 1 is 1.41 bits per heavy atom. The number of aryl methyl sites for hydroxylation is 1. The van der Waals surface area contributed by atoms with Gasteiger partial charge in [0.25, 0.3) is 0 Å². The summed E-state index contributed by atoms with van der Waals surface area (Å²) in [5.74, 6) is 0.561. The molecule has 3 rings (SSSR count). The molecular formula is C16H16N4O2. The second-order valence-corrected chi connectivity index (χ2v) is 5.06. The van der Waals surface area contributed by atoms with Crippen LogP contribution in [-0.4, -0.2) is 20.6 Å². The van der Waals surface area contributed by atoms with E-state index in [1.54, 1.807) is 18.5 Å². The zero-order valence-electron chi connectivity index (χ0n) is 12.2. The Hall–Kier alpha value is -2.89. The van der Waals surface area contributed by atoms with Crippen LogP contribution in [-0.2, 0) is 24.8 Å². The molecule has 0 radical (unpaired) electrons. The van der Waals surface area contributed by atoms with E-state index >= 15 is 0 Å². The maximum atomic E-state index is 11.9. The second kappa shape index (κ2) is 6.26. The van der Waals surface area contributed by atoms with Crippen molar-refractivity contribution in [1.82, 2.24) is 20.0 Å². The highest BCUT2D eigenvalue weighted by molar-refractivity contribution is 5.78. The number of carbonyl (C=O) groups is 1. The molecule has 0 spiro atoms. The lowest BCUT2D eigenvalue weighted by molar-refractivity contribution is -0.120. The summed E-state index contributed by atoms with van der Waals surface area (Å²) < 4.78 is 7.14. The summed E-state index contributed by atoms with van der Waals surface area (Å²) in [6.07, 6.45) is 7.61. The summed E-state index contributed by atoms with van der Waals surface area (Å²) in [7, 11) is 1.93. The van der Waals surface area contributed by atoms with Gasteiger partial charge in [-0.25, -0.2) is 0 Å². The van der Waals surface area contributed by atoms with E-state index in [4.69, 9.17) is 4.52 Å². The largest absolute Gasteiger partial charge is 0.359 e. The second-order valence-electron chi connectivity index (χ2n) is 5.06. The van der Waals surface area contributed by atoms with Crippen molar-refractivity contribution in [1.29, 1.82) is 0 Å². The Labute approximate surface area is 127 Å². The molecule has 0 saturated carbocycles. The molecule has 0 aromatic carbocycles. The van der Waals surface area contributed by atoms with Gasteiger partial charge >= 0.3 is 0 Å². The predicted molar refractivity (Wildman–Crippen MR) is 80.7 cm³/mol. The minimum atomic E-state index is -0.0504. The summed E-state index contributed by atoms with van der Waals surface area (Å²) in [6, 6.07) is 7.47. The first-order valence-electron chi connectivity index (χ1n) is 6.94. The average molecular weight is 296 g/mol. The number of carbonyl (C=O) groups excluding carboxylic acids is 1. The number of nitrogens with zero attached hydrogens (tertiary/aromatic N) is 3. The summed E-state index contributed by atoms with van der Waals surface area (Å²) in [5.41, 5.74) is 2.57. The molecule has 0 bridgehead atoms. The molecule has 0 atom stereocenters. The Morgan fingerprint density at radius 2 is 2.32 bits per heavy atom. The lowest BCUT2D eigenvalue weighted by atomic mass is 10.2. The van der Waals surface area contributed by atoms with E-state index < -0.39 is 0 Å². The third kappa shape index (κ3) is 3.41. The van der Waals surface area contributed by atoms with E-state index in [1.807, 2.05) is 42.2 Å². The number of amides is 1. The maximum Gasteiger partial charge on any atom is 0.224 e. The molecule has 112 valence electrons. The van der Waals surface area contributed by atoms with Gasteiger partial charge in [-0.3, -0.25) is 9.78 Å². The van der Waals surface area contributed by atoms with Crippen molar-refractivity contribution in [3.63, 3.8) is 0 Å². The van der Waals surface area contributed by atoms with Crippen LogP contribution in [0.2, 0.25) is 0 Å². The third-order valence-electron chi connectivity index (χ3n) is 3.23. The first-order chi connectivity index (χ1) is 10.7. The van der Waals surface area contributed by atoms with E-state index in [9.17, 15) is 4.79 Å². The molecule has 0 unspecified atom stereocenters. The Balaban J connectivity index is 1.56. The molecule has 0 aliphatic heterocycles. The number of rotatable bonds is 5. The summed E-state index contributed by atoms with van der Waals surface area (Å²) in [6.45, 7) is 0.318. The highest BCUT2D eigenvalue weighted by Gasteiger charge is 2.09. The van der Waals surface area contributed by atoms with Gasteiger partial charge in [0.15, 0.2) is 5.76 Å². The molecule has 6 heteroatoms. The Kier molecular flexibility index (Phi) is 4.00. The average Bonchev–Trinajstić information content (AvgIpc) is 3.15. The van der Waals surface area contributed by atoms with Crippen LogP contribution >= 0.6 is 0 Å². The number of hydrogen-bond acceptors (Lipinski definition) is 4. The predicted octanol–water partition coefficient (Wildman–Crippen LogP) is 1.93. The molecule has 3 aromatic heterocycles. The van der Waals surface area contributed by atoms with Crippen LogP contribution in [0.4, 0.5) is 0 Å². The topological polar surface area (TPSA) is 73.0 Å². The highest BCUT2D eigenvalue weighted by atomic mass is 16.5. The highest BCUT2D eigenvalue weighted by Crippen LogP contribution is 2.17. The fourth-order valence-corrected chi connectivity index (χ4v) is 2.15. The van der Waals surface area contributed by atoms with Crippen LogP contribution in [0.25, 0.3) is 11.3 Å². The van der Waals surface area contributed by atoms with Crippen LogP contribution in [0, 0.1) is 0 Å². The van der Waals surface area contributed by atoms with Gasteiger partial charge < -0.3 is 14.4 Å². The van der Waals surface area contributed by atoms with Crippen molar-refractivity contribution in [2.75, 3.05) is 0 Å². The Bertz CT molecular complexity index is 761. The Morgan fingerprint density at radius 3 is 3.05 bits per heavy atom. The third-order valence-corrected chi connectivity index (χ3v) is 3.23. The van der Waals surface area contributed by atoms with E-state index in [-0.39, 0.29) is 5.91 Å². The first kappa shape index (κ1) is 14.1. The van der Waals surface area contributed by atoms with Gasteiger partial charge in [0.1, 0.15) is 5.69 Å². The lowest BCUT2D eigenvalue weighted by Crippen LogP contribution is -2.24. The molecule has 0 fully saturated rings. The van der Waals surface area contributed by atoms with Gasteiger partial charge in [-0.2, -0.15) is 0 Å². The standard InChI is InChI=1S/C16H16N4O2/c1-20-6-4-12(11-20)7-16(21)18-10-14-8-15(19-22-14)13-3-2-5-17-9-13/h2-6,8-9,11H,7,10H2,1H3,(H,18,21). The van der Waals surface area contributed by atoms with Crippen LogP contribution in [0.3, 0.4) is 0 Å². The van der Waals surface area contributed by atoms with E-state index in [1.165, 1.54) is 0 Å². The van der Waals surface area contributed by atoms with Gasteiger partial charge in [0.2, 0.25) is 5.91 Å². The minimum absolute atomic E-state index is 0.0504. The van der Waals surface area contributed by atoms with Crippen LogP contribution < -0.4 is 5.32 Å². The number of nitrogens with one attached hydrogen (secondary N) is 1. The van der Waals surface area contributed by atoms with Crippen LogP contribution in [0.1, 0.15) is 11.3 Å². The summed E-state index contributed by atoms with van der Waals surface area (Å²) >= 11 is 0. The van der Waals surface area contributed by atoms with Crippen molar-refractivity contribution in [2.45, 2.75) is 13.0 Å². The molecule has 0 aliphatic rings. The van der Waals surface area contributed by atoms with E-state index in [0.717, 1.165) is 11.1 Å². The van der Waals surface area contributed by atoms with Crippen molar-refractivity contribution in [2.24, 2.45) is 7.05 Å². The molecule has 22 heavy (non-hydrogen) atoms. The van der Waals surface area contributed by atoms with Gasteiger partial charge in [-0.15, -0.1) is 0 Å². The molecule has 0 saturated heterocycles. The summed E-state index contributed by atoms with van der Waals surface area (Å²) in [4.78, 5) is 15.9. The first-order valence-corrected chi connectivity index (χ1v) is 6.94. The molecule has 6 nitrogen and oxygen atoms in total. The number of hydrogen-bond donors (Lipinski definition) is 1. The van der Waals surface area contributed by atoms with Crippen molar-refractivity contribution < 1.29 is 9.32 Å². The summed E-state index contributed by atoms with van der Waals surface area (Å²) in [5, 5.41) is 6.81. The molecule has 3 aromatic rings. The molecule has 1 N–H and O–H groups in total. The van der Waals surface area contributed by atoms with Crippen molar-refractivity contribution in [3.8, 4) is 11.3 Å². The maximum absolute atomic E-state index is 11.9.